The van der Waals surface area contributed by atoms with Crippen molar-refractivity contribution in [3.63, 3.8) is 0 Å². The van der Waals surface area contributed by atoms with Gasteiger partial charge in [-0.25, -0.2) is 9.97 Å². The number of aliphatic carboxylic acids is 1. The molecule has 2 heterocycles. The number of rotatable bonds is 1. The van der Waals surface area contributed by atoms with Crippen LogP contribution in [-0.2, 0) is 15.0 Å². The Balaban J connectivity index is 2.37. The van der Waals surface area contributed by atoms with Gasteiger partial charge in [-0.3, -0.25) is 9.59 Å². The lowest BCUT2D eigenvalue weighted by molar-refractivity contribution is -0.147. The van der Waals surface area contributed by atoms with E-state index in [0.717, 1.165) is 5.39 Å². The number of amides is 1. The highest BCUT2D eigenvalue weighted by molar-refractivity contribution is 6.20. The number of carboxylic acids is 1. The Morgan fingerprint density at radius 1 is 1.40 bits per heavy atom. The predicted octanol–water partition coefficient (Wildman–Crippen LogP) is 1.26. The summed E-state index contributed by atoms with van der Waals surface area (Å²) in [7, 11) is 1.58. The molecule has 1 N–H and O–H groups in total. The number of aromatic nitrogens is 2. The van der Waals surface area contributed by atoms with Crippen LogP contribution in [0.2, 0.25) is 0 Å². The average molecular weight is 271 g/mol. The number of hydrogen-bond donors (Lipinski definition) is 1. The van der Waals surface area contributed by atoms with Gasteiger partial charge in [-0.15, -0.1) is 0 Å². The molecule has 1 aliphatic rings. The van der Waals surface area contributed by atoms with E-state index in [1.165, 1.54) is 11.8 Å². The highest BCUT2D eigenvalue weighted by Gasteiger charge is 2.52. The van der Waals surface area contributed by atoms with E-state index in [0.29, 0.717) is 22.6 Å². The van der Waals surface area contributed by atoms with Gasteiger partial charge in [0.05, 0.1) is 11.2 Å². The van der Waals surface area contributed by atoms with Crippen molar-refractivity contribution in [1.29, 1.82) is 0 Å². The molecule has 102 valence electrons. The van der Waals surface area contributed by atoms with Gasteiger partial charge in [-0.1, -0.05) is 0 Å². The molecular formula is C14H13N3O3. The molecule has 0 bridgehead atoms. The van der Waals surface area contributed by atoms with Crippen LogP contribution in [0.1, 0.15) is 18.3 Å². The normalized spacial score (nSPS) is 21.4. The minimum Gasteiger partial charge on any atom is -0.480 e. The zero-order chi connectivity index (χ0) is 14.7. The van der Waals surface area contributed by atoms with Crippen molar-refractivity contribution in [2.24, 2.45) is 0 Å². The number of carbonyl (C=O) groups excluding carboxylic acids is 1. The SMILES string of the molecule is Cc1ncc2cc3c(cc2n1)N(C)C(=O)C3(C)C(=O)O. The molecule has 1 atom stereocenters. The Bertz CT molecular complexity index is 772. The molecule has 6 heteroatoms. The largest absolute Gasteiger partial charge is 0.480 e. The summed E-state index contributed by atoms with van der Waals surface area (Å²) in [5.41, 5.74) is 0.219. The summed E-state index contributed by atoms with van der Waals surface area (Å²) < 4.78 is 0. The Morgan fingerprint density at radius 2 is 2.10 bits per heavy atom. The van der Waals surface area contributed by atoms with Gasteiger partial charge in [0.1, 0.15) is 5.82 Å². The van der Waals surface area contributed by atoms with E-state index in [4.69, 9.17) is 0 Å². The van der Waals surface area contributed by atoms with Gasteiger partial charge in [0.25, 0.3) is 0 Å². The molecule has 6 nitrogen and oxygen atoms in total. The summed E-state index contributed by atoms with van der Waals surface area (Å²) in [5, 5.41) is 10.2. The summed E-state index contributed by atoms with van der Waals surface area (Å²) in [6, 6.07) is 3.44. The van der Waals surface area contributed by atoms with E-state index in [-0.39, 0.29) is 0 Å². The standard InChI is InChI=1S/C14H13N3O3/c1-7-15-6-8-4-9-11(5-10(8)16-7)17(3)12(18)14(9,2)13(19)20/h4-6H,1-3H3,(H,19,20). The number of fused-ring (bicyclic) bond motifs is 2. The van der Waals surface area contributed by atoms with Crippen molar-refractivity contribution in [3.8, 4) is 0 Å². The molecular weight excluding hydrogens is 258 g/mol. The highest BCUT2D eigenvalue weighted by Crippen LogP contribution is 2.42. The number of aryl methyl sites for hydroxylation is 1. The van der Waals surface area contributed by atoms with Gasteiger partial charge in [0.15, 0.2) is 5.41 Å². The number of anilines is 1. The first-order chi connectivity index (χ1) is 9.35. The maximum atomic E-state index is 12.3. The van der Waals surface area contributed by atoms with E-state index >= 15 is 0 Å². The third-order valence-electron chi connectivity index (χ3n) is 3.88. The molecule has 0 fully saturated rings. The van der Waals surface area contributed by atoms with Gasteiger partial charge in [-0.2, -0.15) is 0 Å². The number of carboxylic acid groups (broad SMARTS) is 1. The van der Waals surface area contributed by atoms with E-state index in [1.807, 2.05) is 0 Å². The first-order valence-electron chi connectivity index (χ1n) is 6.15. The zero-order valence-corrected chi connectivity index (χ0v) is 11.3. The first-order valence-corrected chi connectivity index (χ1v) is 6.15. The van der Waals surface area contributed by atoms with Crippen LogP contribution in [-0.4, -0.2) is 34.0 Å². The topological polar surface area (TPSA) is 83.4 Å². The fourth-order valence-electron chi connectivity index (χ4n) is 2.61. The molecule has 0 aliphatic carbocycles. The molecule has 2 aromatic rings. The lowest BCUT2D eigenvalue weighted by Gasteiger charge is -2.17. The van der Waals surface area contributed by atoms with Crippen LogP contribution >= 0.6 is 0 Å². The molecule has 1 aromatic heterocycles. The van der Waals surface area contributed by atoms with Gasteiger partial charge in [0.2, 0.25) is 5.91 Å². The van der Waals surface area contributed by atoms with Crippen molar-refractivity contribution in [1.82, 2.24) is 9.97 Å². The van der Waals surface area contributed by atoms with Crippen LogP contribution in [0.4, 0.5) is 5.69 Å². The molecule has 0 spiro atoms. The number of likely N-dealkylation sites (N-methyl/N-ethyl adjacent to an activating group) is 1. The zero-order valence-electron chi connectivity index (χ0n) is 11.3. The van der Waals surface area contributed by atoms with E-state index in [9.17, 15) is 14.7 Å². The van der Waals surface area contributed by atoms with Crippen molar-refractivity contribution in [2.75, 3.05) is 11.9 Å². The molecule has 20 heavy (non-hydrogen) atoms. The Labute approximate surface area is 115 Å². The third-order valence-corrected chi connectivity index (χ3v) is 3.88. The van der Waals surface area contributed by atoms with Crippen molar-refractivity contribution < 1.29 is 14.7 Å². The summed E-state index contributed by atoms with van der Waals surface area (Å²) >= 11 is 0. The highest BCUT2D eigenvalue weighted by atomic mass is 16.4. The van der Waals surface area contributed by atoms with Crippen molar-refractivity contribution >= 4 is 28.5 Å². The van der Waals surface area contributed by atoms with Crippen LogP contribution < -0.4 is 4.90 Å². The number of benzene rings is 1. The second-order valence-electron chi connectivity index (χ2n) is 5.14. The molecule has 0 radical (unpaired) electrons. The third kappa shape index (κ3) is 1.39. The second kappa shape index (κ2) is 3.75. The van der Waals surface area contributed by atoms with Gasteiger partial charge in [-0.05, 0) is 26.0 Å². The fourth-order valence-corrected chi connectivity index (χ4v) is 2.61. The Hall–Kier alpha value is -2.50. The Kier molecular flexibility index (Phi) is 2.35. The van der Waals surface area contributed by atoms with E-state index in [2.05, 4.69) is 9.97 Å². The van der Waals surface area contributed by atoms with Crippen LogP contribution in [0.15, 0.2) is 18.3 Å². The summed E-state index contributed by atoms with van der Waals surface area (Å²) in [4.78, 5) is 33.6. The van der Waals surface area contributed by atoms with E-state index < -0.39 is 17.3 Å². The summed E-state index contributed by atoms with van der Waals surface area (Å²) in [5.74, 6) is -0.967. The summed E-state index contributed by atoms with van der Waals surface area (Å²) in [6.07, 6.45) is 1.64. The lowest BCUT2D eigenvalue weighted by atomic mass is 9.83. The van der Waals surface area contributed by atoms with Crippen LogP contribution in [0, 0.1) is 6.92 Å². The molecule has 3 rings (SSSR count). The lowest BCUT2D eigenvalue weighted by Crippen LogP contribution is -2.42. The molecule has 0 saturated carbocycles. The minimum atomic E-state index is -1.55. The van der Waals surface area contributed by atoms with Gasteiger partial charge >= 0.3 is 5.97 Å². The first kappa shape index (κ1) is 12.5. The minimum absolute atomic E-state index is 0.444. The van der Waals surface area contributed by atoms with Crippen LogP contribution in [0.5, 0.6) is 0 Å². The maximum Gasteiger partial charge on any atom is 0.323 e. The number of carbonyl (C=O) groups is 2. The quantitative estimate of drug-likeness (QED) is 0.789. The van der Waals surface area contributed by atoms with Crippen LogP contribution in [0.3, 0.4) is 0 Å². The smallest absolute Gasteiger partial charge is 0.323 e. The predicted molar refractivity (Wildman–Crippen MR) is 72.7 cm³/mol. The monoisotopic (exact) mass is 271 g/mol. The molecule has 1 aliphatic heterocycles. The second-order valence-corrected chi connectivity index (χ2v) is 5.14. The summed E-state index contributed by atoms with van der Waals surface area (Å²) in [6.45, 7) is 3.21. The van der Waals surface area contributed by atoms with Crippen LogP contribution in [0.25, 0.3) is 10.9 Å². The van der Waals surface area contributed by atoms with Gasteiger partial charge in [0, 0.05) is 24.2 Å². The molecule has 1 aromatic carbocycles. The van der Waals surface area contributed by atoms with E-state index in [1.54, 1.807) is 32.3 Å². The average Bonchev–Trinajstić information content (AvgIpc) is 2.60. The maximum absolute atomic E-state index is 12.3. The fraction of sp³-hybridized carbons (Fsp3) is 0.286. The number of nitrogens with zero attached hydrogens (tertiary/aromatic N) is 3. The van der Waals surface area contributed by atoms with Crippen molar-refractivity contribution in [3.05, 3.63) is 29.7 Å². The number of hydrogen-bond acceptors (Lipinski definition) is 4. The van der Waals surface area contributed by atoms with Crippen molar-refractivity contribution in [2.45, 2.75) is 19.3 Å². The Morgan fingerprint density at radius 3 is 2.75 bits per heavy atom. The molecule has 0 saturated heterocycles. The molecule has 1 amide bonds. The van der Waals surface area contributed by atoms with Gasteiger partial charge < -0.3 is 10.0 Å². The molecule has 1 unspecified atom stereocenters.